The molecule has 0 aromatic heterocycles. The van der Waals surface area contributed by atoms with Crippen LogP contribution in [-0.4, -0.2) is 6.54 Å². The van der Waals surface area contributed by atoms with E-state index in [0.29, 0.717) is 11.6 Å². The minimum absolute atomic E-state index is 0.251. The summed E-state index contributed by atoms with van der Waals surface area (Å²) in [5, 5.41) is 3.94. The number of nitrogens with one attached hydrogen (secondary N) is 1. The first-order chi connectivity index (χ1) is 8.70. The normalized spacial score (nSPS) is 30.0. The third kappa shape index (κ3) is 2.70. The summed E-state index contributed by atoms with van der Waals surface area (Å²) in [6.07, 6.45) is 5.70. The second-order valence-electron chi connectivity index (χ2n) is 5.84. The van der Waals surface area contributed by atoms with Gasteiger partial charge in [-0.05, 0) is 67.3 Å². The van der Waals surface area contributed by atoms with Crippen LogP contribution in [0.2, 0.25) is 5.02 Å². The highest BCUT2D eigenvalue weighted by Gasteiger charge is 2.38. The zero-order chi connectivity index (χ0) is 12.5. The number of fused-ring (bicyclic) bond motifs is 2. The number of rotatable bonds is 4. The van der Waals surface area contributed by atoms with Crippen molar-refractivity contribution in [2.45, 2.75) is 32.2 Å². The molecule has 3 atom stereocenters. The van der Waals surface area contributed by atoms with Gasteiger partial charge in [0.1, 0.15) is 5.82 Å². The van der Waals surface area contributed by atoms with Crippen LogP contribution in [0.3, 0.4) is 0 Å². The molecule has 0 saturated heterocycles. The van der Waals surface area contributed by atoms with E-state index in [-0.39, 0.29) is 5.82 Å². The zero-order valence-corrected chi connectivity index (χ0v) is 11.2. The summed E-state index contributed by atoms with van der Waals surface area (Å²) in [5.74, 6) is 2.52. The molecule has 2 aliphatic carbocycles. The lowest BCUT2D eigenvalue weighted by molar-refractivity contribution is 0.318. The predicted octanol–water partition coefficient (Wildman–Crippen LogP) is 4.00. The smallest absolute Gasteiger partial charge is 0.125 e. The zero-order valence-electron chi connectivity index (χ0n) is 10.5. The van der Waals surface area contributed by atoms with Crippen LogP contribution < -0.4 is 5.32 Å². The number of hydrogen-bond donors (Lipinski definition) is 1. The van der Waals surface area contributed by atoms with E-state index in [1.165, 1.54) is 31.7 Å². The molecule has 3 heteroatoms. The summed E-state index contributed by atoms with van der Waals surface area (Å²) in [4.78, 5) is 0. The molecule has 0 radical (unpaired) electrons. The topological polar surface area (TPSA) is 12.0 Å². The largest absolute Gasteiger partial charge is 0.312 e. The van der Waals surface area contributed by atoms with Crippen molar-refractivity contribution in [2.24, 2.45) is 17.8 Å². The van der Waals surface area contributed by atoms with Crippen LogP contribution in [0.25, 0.3) is 0 Å². The summed E-state index contributed by atoms with van der Waals surface area (Å²) < 4.78 is 13.2. The van der Waals surface area contributed by atoms with Gasteiger partial charge in [-0.3, -0.25) is 0 Å². The molecule has 0 amide bonds. The van der Waals surface area contributed by atoms with E-state index in [4.69, 9.17) is 11.6 Å². The van der Waals surface area contributed by atoms with E-state index < -0.39 is 0 Å². The third-order valence-corrected chi connectivity index (χ3v) is 4.76. The first kappa shape index (κ1) is 12.4. The maximum Gasteiger partial charge on any atom is 0.125 e. The van der Waals surface area contributed by atoms with E-state index in [1.54, 1.807) is 6.07 Å². The van der Waals surface area contributed by atoms with Gasteiger partial charge in [0.05, 0.1) is 0 Å². The molecule has 2 fully saturated rings. The molecule has 3 unspecified atom stereocenters. The molecular formula is C15H19ClFN. The maximum atomic E-state index is 13.2. The molecule has 1 aromatic rings. The van der Waals surface area contributed by atoms with Gasteiger partial charge in [-0.15, -0.1) is 0 Å². The Bertz CT molecular complexity index is 414. The molecule has 1 nitrogen and oxygen atoms in total. The molecule has 2 aliphatic rings. The molecule has 0 heterocycles. The molecule has 1 aromatic carbocycles. The van der Waals surface area contributed by atoms with Crippen molar-refractivity contribution < 1.29 is 4.39 Å². The van der Waals surface area contributed by atoms with Crippen LogP contribution in [0.15, 0.2) is 18.2 Å². The Morgan fingerprint density at radius 2 is 2.11 bits per heavy atom. The Morgan fingerprint density at radius 1 is 1.22 bits per heavy atom. The highest BCUT2D eigenvalue weighted by atomic mass is 35.5. The monoisotopic (exact) mass is 267 g/mol. The Labute approximate surface area is 113 Å². The number of benzene rings is 1. The SMILES string of the molecule is Fc1cc(Cl)cc(CNCC2CC3CCC2C3)c1. The van der Waals surface area contributed by atoms with Crippen LogP contribution >= 0.6 is 11.6 Å². The summed E-state index contributed by atoms with van der Waals surface area (Å²) in [6.45, 7) is 1.78. The van der Waals surface area contributed by atoms with Crippen LogP contribution in [0.5, 0.6) is 0 Å². The van der Waals surface area contributed by atoms with Crippen molar-refractivity contribution in [3.05, 3.63) is 34.6 Å². The first-order valence-electron chi connectivity index (χ1n) is 6.86. The van der Waals surface area contributed by atoms with Crippen molar-refractivity contribution in [2.75, 3.05) is 6.54 Å². The van der Waals surface area contributed by atoms with Crippen LogP contribution in [-0.2, 0) is 6.54 Å². The molecule has 98 valence electrons. The van der Waals surface area contributed by atoms with Crippen molar-refractivity contribution in [3.8, 4) is 0 Å². The van der Waals surface area contributed by atoms with Gasteiger partial charge in [0, 0.05) is 11.6 Å². The lowest BCUT2D eigenvalue weighted by Crippen LogP contribution is -2.26. The molecule has 3 rings (SSSR count). The lowest BCUT2D eigenvalue weighted by Gasteiger charge is -2.21. The standard InChI is InChI=1S/C15H19ClFN/c16-14-5-11(6-15(17)7-14)8-18-9-13-4-10-1-2-12(13)3-10/h5-7,10,12-13,18H,1-4,8-9H2. The highest BCUT2D eigenvalue weighted by Crippen LogP contribution is 2.47. The minimum Gasteiger partial charge on any atom is -0.312 e. The van der Waals surface area contributed by atoms with Crippen molar-refractivity contribution in [1.82, 2.24) is 5.32 Å². The van der Waals surface area contributed by atoms with Crippen molar-refractivity contribution >= 4 is 11.6 Å². The fourth-order valence-corrected chi connectivity index (χ4v) is 3.99. The number of halogens is 2. The molecular weight excluding hydrogens is 249 g/mol. The first-order valence-corrected chi connectivity index (χ1v) is 7.24. The fourth-order valence-electron chi connectivity index (χ4n) is 3.74. The summed E-state index contributed by atoms with van der Waals surface area (Å²) >= 11 is 5.84. The van der Waals surface area contributed by atoms with Gasteiger partial charge < -0.3 is 5.32 Å². The maximum absolute atomic E-state index is 13.2. The van der Waals surface area contributed by atoms with E-state index in [9.17, 15) is 4.39 Å². The molecule has 18 heavy (non-hydrogen) atoms. The summed E-state index contributed by atoms with van der Waals surface area (Å²) in [7, 11) is 0. The summed E-state index contributed by atoms with van der Waals surface area (Å²) in [6, 6.07) is 4.74. The van der Waals surface area contributed by atoms with Gasteiger partial charge in [0.15, 0.2) is 0 Å². The fraction of sp³-hybridized carbons (Fsp3) is 0.600. The number of hydrogen-bond acceptors (Lipinski definition) is 1. The lowest BCUT2D eigenvalue weighted by atomic mass is 9.89. The predicted molar refractivity (Wildman–Crippen MR) is 72.1 cm³/mol. The third-order valence-electron chi connectivity index (χ3n) is 4.54. The quantitative estimate of drug-likeness (QED) is 0.869. The van der Waals surface area contributed by atoms with E-state index in [2.05, 4.69) is 5.32 Å². The average Bonchev–Trinajstić information content (AvgIpc) is 2.89. The Kier molecular flexibility index (Phi) is 3.58. The molecule has 0 spiro atoms. The average molecular weight is 268 g/mol. The van der Waals surface area contributed by atoms with Gasteiger partial charge in [0.25, 0.3) is 0 Å². The van der Waals surface area contributed by atoms with Gasteiger partial charge in [-0.2, -0.15) is 0 Å². The van der Waals surface area contributed by atoms with Gasteiger partial charge in [-0.1, -0.05) is 18.0 Å². The van der Waals surface area contributed by atoms with Crippen LogP contribution in [0.4, 0.5) is 4.39 Å². The van der Waals surface area contributed by atoms with Crippen molar-refractivity contribution in [3.63, 3.8) is 0 Å². The molecule has 2 saturated carbocycles. The summed E-state index contributed by atoms with van der Waals surface area (Å²) in [5.41, 5.74) is 0.933. The van der Waals surface area contributed by atoms with Crippen LogP contribution in [0, 0.1) is 23.6 Å². The van der Waals surface area contributed by atoms with E-state index in [0.717, 1.165) is 29.9 Å². The molecule has 2 bridgehead atoms. The van der Waals surface area contributed by atoms with Gasteiger partial charge in [-0.25, -0.2) is 4.39 Å². The van der Waals surface area contributed by atoms with Crippen LogP contribution in [0.1, 0.15) is 31.2 Å². The van der Waals surface area contributed by atoms with Gasteiger partial charge >= 0.3 is 0 Å². The van der Waals surface area contributed by atoms with E-state index in [1.807, 2.05) is 6.07 Å². The minimum atomic E-state index is -0.251. The molecule has 0 aliphatic heterocycles. The second kappa shape index (κ2) is 5.18. The second-order valence-corrected chi connectivity index (χ2v) is 6.28. The Balaban J connectivity index is 1.49. The van der Waals surface area contributed by atoms with E-state index >= 15 is 0 Å². The molecule has 1 N–H and O–H groups in total. The Morgan fingerprint density at radius 3 is 2.78 bits per heavy atom. The van der Waals surface area contributed by atoms with Crippen molar-refractivity contribution in [1.29, 1.82) is 0 Å². The highest BCUT2D eigenvalue weighted by molar-refractivity contribution is 6.30. The van der Waals surface area contributed by atoms with Gasteiger partial charge in [0.2, 0.25) is 0 Å². The Hall–Kier alpha value is -0.600.